The number of carbonyl (C=O) groups excluding carboxylic acids is 1. The van der Waals surface area contributed by atoms with Crippen molar-refractivity contribution in [2.45, 2.75) is 6.54 Å². The van der Waals surface area contributed by atoms with Crippen molar-refractivity contribution in [1.82, 2.24) is 10.3 Å². The molecule has 5 nitrogen and oxygen atoms in total. The van der Waals surface area contributed by atoms with Crippen molar-refractivity contribution in [1.29, 1.82) is 0 Å². The van der Waals surface area contributed by atoms with Gasteiger partial charge in [-0.25, -0.2) is 0 Å². The van der Waals surface area contributed by atoms with Crippen LogP contribution in [0.2, 0.25) is 0 Å². The molecule has 0 bridgehead atoms. The van der Waals surface area contributed by atoms with E-state index in [1.807, 2.05) is 0 Å². The number of nitrogens with zero attached hydrogens (tertiary/aromatic N) is 1. The van der Waals surface area contributed by atoms with E-state index in [-0.39, 0.29) is 11.4 Å². The van der Waals surface area contributed by atoms with Crippen molar-refractivity contribution >= 4 is 18.5 Å². The molecule has 0 aliphatic carbocycles. The van der Waals surface area contributed by atoms with Gasteiger partial charge in [-0.3, -0.25) is 9.78 Å². The van der Waals surface area contributed by atoms with Gasteiger partial charge in [-0.2, -0.15) is 0 Å². The quantitative estimate of drug-likeness (QED) is 0.434. The fourth-order valence-electron chi connectivity index (χ4n) is 1.38. The number of nitrogens with one attached hydrogen (secondary N) is 1. The number of pyridine rings is 1. The molecule has 2 heterocycles. The van der Waals surface area contributed by atoms with Gasteiger partial charge in [-0.1, -0.05) is 0 Å². The van der Waals surface area contributed by atoms with Crippen molar-refractivity contribution in [3.05, 3.63) is 23.5 Å². The van der Waals surface area contributed by atoms with E-state index in [4.69, 9.17) is 10.0 Å². The van der Waals surface area contributed by atoms with E-state index in [1.165, 1.54) is 12.4 Å². The molecule has 1 amide bonds. The van der Waals surface area contributed by atoms with Gasteiger partial charge in [0.2, 0.25) is 0 Å². The van der Waals surface area contributed by atoms with E-state index in [0.717, 1.165) is 0 Å². The minimum absolute atomic E-state index is 0.218. The molecule has 3 N–H and O–H groups in total. The van der Waals surface area contributed by atoms with Gasteiger partial charge in [0.05, 0.1) is 5.56 Å². The van der Waals surface area contributed by atoms with E-state index >= 15 is 0 Å². The van der Waals surface area contributed by atoms with E-state index in [9.17, 15) is 4.79 Å². The summed E-state index contributed by atoms with van der Waals surface area (Å²) in [6.07, 6.45) is 2.77. The van der Waals surface area contributed by atoms with Crippen LogP contribution >= 0.6 is 0 Å². The zero-order valence-corrected chi connectivity index (χ0v) is 6.69. The second kappa shape index (κ2) is 2.83. The van der Waals surface area contributed by atoms with Gasteiger partial charge in [-0.15, -0.1) is 0 Å². The minimum Gasteiger partial charge on any atom is -0.423 e. The number of carbonyl (C=O) groups is 1. The Morgan fingerprint density at radius 1 is 1.46 bits per heavy atom. The highest BCUT2D eigenvalue weighted by Gasteiger charge is 2.26. The number of hydrogen-bond donors (Lipinski definition) is 3. The molecule has 0 spiro atoms. The lowest BCUT2D eigenvalue weighted by atomic mass is 9.77. The molecule has 13 heavy (non-hydrogen) atoms. The van der Waals surface area contributed by atoms with E-state index in [0.29, 0.717) is 17.7 Å². The average molecular weight is 178 g/mol. The first kappa shape index (κ1) is 8.21. The van der Waals surface area contributed by atoms with Crippen LogP contribution in [-0.2, 0) is 6.54 Å². The Hall–Kier alpha value is -1.40. The highest BCUT2D eigenvalue weighted by Crippen LogP contribution is 2.11. The summed E-state index contributed by atoms with van der Waals surface area (Å²) in [6, 6.07) is 0. The molecule has 1 aliphatic rings. The second-order valence-electron chi connectivity index (χ2n) is 2.81. The van der Waals surface area contributed by atoms with Gasteiger partial charge in [0.1, 0.15) is 0 Å². The van der Waals surface area contributed by atoms with Crippen LogP contribution in [-0.4, -0.2) is 28.1 Å². The lowest BCUT2D eigenvalue weighted by Crippen LogP contribution is -2.33. The summed E-state index contributed by atoms with van der Waals surface area (Å²) in [5, 5.41) is 20.5. The zero-order valence-electron chi connectivity index (χ0n) is 6.69. The highest BCUT2D eigenvalue weighted by molar-refractivity contribution is 6.59. The van der Waals surface area contributed by atoms with Crippen LogP contribution in [0.5, 0.6) is 0 Å². The molecule has 66 valence electrons. The predicted octanol–water partition coefficient (Wildman–Crippen LogP) is -2.00. The first-order valence-corrected chi connectivity index (χ1v) is 3.81. The van der Waals surface area contributed by atoms with Gasteiger partial charge in [-0.05, 0) is 5.56 Å². The maximum atomic E-state index is 11.1. The van der Waals surface area contributed by atoms with Gasteiger partial charge >= 0.3 is 7.12 Å². The molecule has 2 rings (SSSR count). The SMILES string of the molecule is O=C1NCc2c(B(O)O)cncc21. The third-order valence-corrected chi connectivity index (χ3v) is 2.04. The lowest BCUT2D eigenvalue weighted by molar-refractivity contribution is 0.0965. The Bertz CT molecular complexity index is 367. The third-order valence-electron chi connectivity index (χ3n) is 2.04. The first-order valence-electron chi connectivity index (χ1n) is 3.81. The van der Waals surface area contributed by atoms with E-state index in [1.54, 1.807) is 0 Å². The molecular formula is C7H7BN2O3. The topological polar surface area (TPSA) is 82.5 Å². The van der Waals surface area contributed by atoms with Gasteiger partial charge in [0.15, 0.2) is 0 Å². The molecule has 6 heteroatoms. The fourth-order valence-corrected chi connectivity index (χ4v) is 1.38. The minimum atomic E-state index is -1.57. The van der Waals surface area contributed by atoms with Gasteiger partial charge in [0, 0.05) is 24.4 Å². The summed E-state index contributed by atoms with van der Waals surface area (Å²) in [6.45, 7) is 0.337. The Kier molecular flexibility index (Phi) is 1.79. The Balaban J connectivity index is 2.57. The summed E-state index contributed by atoms with van der Waals surface area (Å²) in [5.74, 6) is -0.218. The molecule has 0 aromatic carbocycles. The summed E-state index contributed by atoms with van der Waals surface area (Å²) >= 11 is 0. The largest absolute Gasteiger partial charge is 0.490 e. The molecule has 0 fully saturated rings. The van der Waals surface area contributed by atoms with Crippen LogP contribution in [0.15, 0.2) is 12.4 Å². The van der Waals surface area contributed by atoms with Crippen LogP contribution in [0, 0.1) is 0 Å². The fraction of sp³-hybridized carbons (Fsp3) is 0.143. The van der Waals surface area contributed by atoms with Crippen LogP contribution in [0.4, 0.5) is 0 Å². The van der Waals surface area contributed by atoms with Crippen molar-refractivity contribution in [3.63, 3.8) is 0 Å². The van der Waals surface area contributed by atoms with Crippen molar-refractivity contribution in [3.8, 4) is 0 Å². The molecule has 0 saturated carbocycles. The number of aromatic nitrogens is 1. The maximum absolute atomic E-state index is 11.1. The van der Waals surface area contributed by atoms with Crippen LogP contribution in [0.1, 0.15) is 15.9 Å². The van der Waals surface area contributed by atoms with Gasteiger partial charge < -0.3 is 15.4 Å². The molecule has 0 atom stereocenters. The van der Waals surface area contributed by atoms with Crippen molar-refractivity contribution in [2.75, 3.05) is 0 Å². The Morgan fingerprint density at radius 3 is 2.92 bits per heavy atom. The van der Waals surface area contributed by atoms with E-state index < -0.39 is 7.12 Å². The number of hydrogen-bond acceptors (Lipinski definition) is 4. The van der Waals surface area contributed by atoms with E-state index in [2.05, 4.69) is 10.3 Å². The monoisotopic (exact) mass is 178 g/mol. The normalized spacial score (nSPS) is 13.8. The van der Waals surface area contributed by atoms with Crippen LogP contribution in [0.25, 0.3) is 0 Å². The smallest absolute Gasteiger partial charge is 0.423 e. The summed E-state index contributed by atoms with van der Waals surface area (Å²) in [4.78, 5) is 14.9. The van der Waals surface area contributed by atoms with Crippen LogP contribution in [0.3, 0.4) is 0 Å². The number of fused-ring (bicyclic) bond motifs is 1. The standard InChI is InChI=1S/C7H7BN2O3/c11-7-5-1-9-3-6(8(12)13)4(5)2-10-7/h1,3,12-13H,2H2,(H,10,11). The molecule has 1 aromatic heterocycles. The highest BCUT2D eigenvalue weighted by atomic mass is 16.4. The summed E-state index contributed by atoms with van der Waals surface area (Å²) in [7, 11) is -1.57. The zero-order chi connectivity index (χ0) is 9.42. The second-order valence-corrected chi connectivity index (χ2v) is 2.81. The summed E-state index contributed by atoms with van der Waals surface area (Å²) in [5.41, 5.74) is 1.33. The molecule has 0 radical (unpaired) electrons. The van der Waals surface area contributed by atoms with Crippen LogP contribution < -0.4 is 10.8 Å². The molecule has 0 unspecified atom stereocenters. The Morgan fingerprint density at radius 2 is 2.23 bits per heavy atom. The third kappa shape index (κ3) is 1.20. The summed E-state index contributed by atoms with van der Waals surface area (Å²) < 4.78 is 0. The maximum Gasteiger partial charge on any atom is 0.490 e. The molecule has 0 saturated heterocycles. The molecule has 1 aliphatic heterocycles. The molecule has 1 aromatic rings. The lowest BCUT2D eigenvalue weighted by Gasteiger charge is -2.03. The Labute approximate surface area is 74.6 Å². The predicted molar refractivity (Wildman–Crippen MR) is 45.2 cm³/mol. The number of amides is 1. The van der Waals surface area contributed by atoms with Gasteiger partial charge in [0.25, 0.3) is 5.91 Å². The van der Waals surface area contributed by atoms with Crippen molar-refractivity contribution < 1.29 is 14.8 Å². The first-order chi connectivity index (χ1) is 6.20. The number of rotatable bonds is 1. The molecular weight excluding hydrogens is 171 g/mol. The van der Waals surface area contributed by atoms with Crippen molar-refractivity contribution in [2.24, 2.45) is 0 Å². The average Bonchev–Trinajstić information content (AvgIpc) is 2.48.